The Bertz CT molecular complexity index is 1030. The number of hydrogen-bond acceptors (Lipinski definition) is 6. The van der Waals surface area contributed by atoms with Gasteiger partial charge in [0.1, 0.15) is 0 Å². The standard InChI is InChI=1S/C16H15N3O4S/c17-8-11-4-6-13(7-5-11)24(21,22)19-9-12-2-1-3-14-15(12)18-10-23-16(14)20/h1-7,10,19H,8-9,17H2. The van der Waals surface area contributed by atoms with E-state index in [0.29, 0.717) is 23.0 Å². The smallest absolute Gasteiger partial charge is 0.346 e. The van der Waals surface area contributed by atoms with E-state index in [1.165, 1.54) is 12.1 Å². The van der Waals surface area contributed by atoms with Crippen molar-refractivity contribution >= 4 is 20.9 Å². The van der Waals surface area contributed by atoms with E-state index in [1.54, 1.807) is 30.3 Å². The van der Waals surface area contributed by atoms with Crippen LogP contribution in [0.2, 0.25) is 0 Å². The Morgan fingerprint density at radius 3 is 2.58 bits per heavy atom. The van der Waals surface area contributed by atoms with Gasteiger partial charge in [-0.05, 0) is 29.3 Å². The Balaban J connectivity index is 1.87. The molecule has 8 heteroatoms. The minimum Gasteiger partial charge on any atom is -0.411 e. The van der Waals surface area contributed by atoms with Gasteiger partial charge in [-0.25, -0.2) is 22.9 Å². The van der Waals surface area contributed by atoms with E-state index in [4.69, 9.17) is 10.2 Å². The lowest BCUT2D eigenvalue weighted by molar-refractivity contribution is 0.501. The number of aromatic nitrogens is 1. The molecule has 124 valence electrons. The van der Waals surface area contributed by atoms with Gasteiger partial charge >= 0.3 is 5.63 Å². The summed E-state index contributed by atoms with van der Waals surface area (Å²) in [4.78, 5) is 15.8. The quantitative estimate of drug-likeness (QED) is 0.716. The molecule has 3 N–H and O–H groups in total. The van der Waals surface area contributed by atoms with E-state index in [0.717, 1.165) is 12.0 Å². The van der Waals surface area contributed by atoms with Crippen LogP contribution in [-0.4, -0.2) is 13.4 Å². The second-order valence-corrected chi connectivity index (χ2v) is 6.89. The molecule has 7 nitrogen and oxygen atoms in total. The topological polar surface area (TPSA) is 115 Å². The second kappa shape index (κ2) is 6.52. The van der Waals surface area contributed by atoms with E-state index in [2.05, 4.69) is 9.71 Å². The van der Waals surface area contributed by atoms with Crippen LogP contribution in [0.4, 0.5) is 0 Å². The Morgan fingerprint density at radius 1 is 1.12 bits per heavy atom. The van der Waals surface area contributed by atoms with E-state index in [9.17, 15) is 13.2 Å². The summed E-state index contributed by atoms with van der Waals surface area (Å²) in [5, 5.41) is 0.307. The predicted octanol–water partition coefficient (Wildman–Crippen LogP) is 1.13. The third-order valence-electron chi connectivity index (χ3n) is 3.60. The van der Waals surface area contributed by atoms with Crippen LogP contribution in [0.15, 0.2) is 63.0 Å². The minimum atomic E-state index is -3.68. The van der Waals surface area contributed by atoms with Crippen molar-refractivity contribution in [1.29, 1.82) is 0 Å². The van der Waals surface area contributed by atoms with Crippen LogP contribution in [0.1, 0.15) is 11.1 Å². The van der Waals surface area contributed by atoms with E-state index in [1.807, 2.05) is 0 Å². The first-order chi connectivity index (χ1) is 11.5. The van der Waals surface area contributed by atoms with Crippen molar-refractivity contribution in [3.8, 4) is 0 Å². The summed E-state index contributed by atoms with van der Waals surface area (Å²) in [6.07, 6.45) is 1.05. The fourth-order valence-electron chi connectivity index (χ4n) is 2.30. The maximum Gasteiger partial charge on any atom is 0.346 e. The number of nitrogens with one attached hydrogen (secondary N) is 1. The Labute approximate surface area is 138 Å². The summed E-state index contributed by atoms with van der Waals surface area (Å²) in [6, 6.07) is 11.3. The first-order valence-electron chi connectivity index (χ1n) is 7.15. The SMILES string of the molecule is NCc1ccc(S(=O)(=O)NCc2cccc3c(=O)ocnc23)cc1. The predicted molar refractivity (Wildman–Crippen MR) is 88.6 cm³/mol. The third-order valence-corrected chi connectivity index (χ3v) is 5.02. The summed E-state index contributed by atoms with van der Waals surface area (Å²) in [5.41, 5.74) is 6.84. The van der Waals surface area contributed by atoms with Gasteiger partial charge in [-0.1, -0.05) is 24.3 Å². The number of hydrogen-bond donors (Lipinski definition) is 2. The van der Waals surface area contributed by atoms with Crippen LogP contribution < -0.4 is 16.1 Å². The molecule has 0 unspecified atom stereocenters. The van der Waals surface area contributed by atoms with Crippen LogP contribution in [-0.2, 0) is 23.1 Å². The number of nitrogens with two attached hydrogens (primary N) is 1. The van der Waals surface area contributed by atoms with Crippen LogP contribution >= 0.6 is 0 Å². The average molecular weight is 345 g/mol. The van der Waals surface area contributed by atoms with Crippen LogP contribution in [0, 0.1) is 0 Å². The molecule has 1 aromatic heterocycles. The van der Waals surface area contributed by atoms with E-state index >= 15 is 0 Å². The molecule has 0 amide bonds. The lowest BCUT2D eigenvalue weighted by Gasteiger charge is -2.09. The third kappa shape index (κ3) is 3.21. The number of sulfonamides is 1. The van der Waals surface area contributed by atoms with Crippen molar-refractivity contribution in [1.82, 2.24) is 9.71 Å². The fraction of sp³-hybridized carbons (Fsp3) is 0.125. The molecule has 3 aromatic rings. The molecule has 0 aliphatic heterocycles. The van der Waals surface area contributed by atoms with E-state index < -0.39 is 15.6 Å². The number of benzene rings is 2. The van der Waals surface area contributed by atoms with Crippen molar-refractivity contribution in [3.05, 3.63) is 70.4 Å². The highest BCUT2D eigenvalue weighted by atomic mass is 32.2. The summed E-state index contributed by atoms with van der Waals surface area (Å²) in [5.74, 6) is 0. The van der Waals surface area contributed by atoms with E-state index in [-0.39, 0.29) is 11.4 Å². The molecule has 0 atom stereocenters. The van der Waals surface area contributed by atoms with Gasteiger partial charge in [0.25, 0.3) is 0 Å². The zero-order chi connectivity index (χ0) is 17.2. The van der Waals surface area contributed by atoms with Crippen molar-refractivity contribution in [2.24, 2.45) is 5.73 Å². The summed E-state index contributed by atoms with van der Waals surface area (Å²) in [7, 11) is -3.68. The maximum atomic E-state index is 12.4. The van der Waals surface area contributed by atoms with Gasteiger partial charge in [-0.15, -0.1) is 0 Å². The number of para-hydroxylation sites is 1. The average Bonchev–Trinajstić information content (AvgIpc) is 2.60. The lowest BCUT2D eigenvalue weighted by atomic mass is 10.1. The molecule has 0 radical (unpaired) electrons. The number of rotatable bonds is 5. The number of fused-ring (bicyclic) bond motifs is 1. The highest BCUT2D eigenvalue weighted by Gasteiger charge is 2.15. The monoisotopic (exact) mass is 345 g/mol. The molecule has 3 rings (SSSR count). The summed E-state index contributed by atoms with van der Waals surface area (Å²) >= 11 is 0. The highest BCUT2D eigenvalue weighted by Crippen LogP contribution is 2.15. The van der Waals surface area contributed by atoms with Crippen molar-refractivity contribution in [3.63, 3.8) is 0 Å². The normalized spacial score (nSPS) is 11.7. The first kappa shape index (κ1) is 16.3. The molecule has 0 fully saturated rings. The molecule has 0 aliphatic rings. The zero-order valence-electron chi connectivity index (χ0n) is 12.6. The van der Waals surface area contributed by atoms with Gasteiger partial charge < -0.3 is 10.2 Å². The molecule has 24 heavy (non-hydrogen) atoms. The lowest BCUT2D eigenvalue weighted by Crippen LogP contribution is -2.23. The van der Waals surface area contributed by atoms with Crippen molar-refractivity contribution in [2.45, 2.75) is 18.0 Å². The Morgan fingerprint density at radius 2 is 1.88 bits per heavy atom. The minimum absolute atomic E-state index is 0.00870. The van der Waals surface area contributed by atoms with Crippen molar-refractivity contribution < 1.29 is 12.8 Å². The fourth-order valence-corrected chi connectivity index (χ4v) is 3.31. The zero-order valence-corrected chi connectivity index (χ0v) is 13.4. The largest absolute Gasteiger partial charge is 0.411 e. The van der Waals surface area contributed by atoms with Gasteiger partial charge in [-0.3, -0.25) is 0 Å². The maximum absolute atomic E-state index is 12.4. The van der Waals surface area contributed by atoms with Crippen LogP contribution in [0.25, 0.3) is 10.9 Å². The molecule has 0 aliphatic carbocycles. The molecular weight excluding hydrogens is 330 g/mol. The Kier molecular flexibility index (Phi) is 4.43. The molecule has 0 saturated heterocycles. The van der Waals surface area contributed by atoms with Crippen LogP contribution in [0.5, 0.6) is 0 Å². The molecule has 2 aromatic carbocycles. The van der Waals surface area contributed by atoms with Gasteiger partial charge in [0.2, 0.25) is 10.0 Å². The van der Waals surface area contributed by atoms with Gasteiger partial charge in [0, 0.05) is 13.1 Å². The molecule has 0 spiro atoms. The second-order valence-electron chi connectivity index (χ2n) is 5.13. The van der Waals surface area contributed by atoms with Gasteiger partial charge in [-0.2, -0.15) is 0 Å². The Hall–Kier alpha value is -2.55. The highest BCUT2D eigenvalue weighted by molar-refractivity contribution is 7.89. The first-order valence-corrected chi connectivity index (χ1v) is 8.63. The van der Waals surface area contributed by atoms with Gasteiger partial charge in [0.05, 0.1) is 15.8 Å². The van der Waals surface area contributed by atoms with Crippen molar-refractivity contribution in [2.75, 3.05) is 0 Å². The van der Waals surface area contributed by atoms with Gasteiger partial charge in [0.15, 0.2) is 6.39 Å². The molecule has 1 heterocycles. The molecule has 0 bridgehead atoms. The summed E-state index contributed by atoms with van der Waals surface area (Å²) < 4.78 is 32.0. The van der Waals surface area contributed by atoms with Crippen LogP contribution in [0.3, 0.4) is 0 Å². The summed E-state index contributed by atoms with van der Waals surface area (Å²) in [6.45, 7) is 0.354. The molecule has 0 saturated carbocycles. The molecular formula is C16H15N3O4S. The number of nitrogens with zero attached hydrogens (tertiary/aromatic N) is 1.